The first-order chi connectivity index (χ1) is 16.0. The number of hydrogen-bond acceptors (Lipinski definition) is 8. The number of nitrogens with zero attached hydrogens (tertiary/aromatic N) is 3. The predicted molar refractivity (Wildman–Crippen MR) is 122 cm³/mol. The Morgan fingerprint density at radius 2 is 1.97 bits per heavy atom. The molecule has 2 aromatic carbocycles. The van der Waals surface area contributed by atoms with Crippen LogP contribution in [0, 0.1) is 11.6 Å². The highest BCUT2D eigenvalue weighted by molar-refractivity contribution is 7.90. The van der Waals surface area contributed by atoms with E-state index < -0.39 is 27.6 Å². The largest absolute Gasteiger partial charge is 0.421 e. The Morgan fingerprint density at radius 3 is 2.65 bits per heavy atom. The molecule has 13 heteroatoms. The van der Waals surface area contributed by atoms with E-state index in [1.807, 2.05) is 0 Å². The summed E-state index contributed by atoms with van der Waals surface area (Å²) in [6.07, 6.45) is 0.318. The number of sulfone groups is 1. The summed E-state index contributed by atoms with van der Waals surface area (Å²) in [5, 5.41) is 20.2. The average molecular weight is 510 g/mol. The zero-order chi connectivity index (χ0) is 24.6. The molecule has 1 atom stereocenters. The number of aromatic nitrogens is 4. The number of halogens is 3. The molecule has 2 heterocycles. The van der Waals surface area contributed by atoms with Gasteiger partial charge in [0.25, 0.3) is 0 Å². The molecule has 34 heavy (non-hydrogen) atoms. The summed E-state index contributed by atoms with van der Waals surface area (Å²) in [6, 6.07) is 6.69. The summed E-state index contributed by atoms with van der Waals surface area (Å²) < 4.78 is 56.7. The second-order valence-electron chi connectivity index (χ2n) is 7.47. The van der Waals surface area contributed by atoms with E-state index in [1.54, 1.807) is 6.92 Å². The molecule has 0 amide bonds. The summed E-state index contributed by atoms with van der Waals surface area (Å²) in [6.45, 7) is 1.64. The van der Waals surface area contributed by atoms with Gasteiger partial charge in [0, 0.05) is 24.4 Å². The molecule has 9 nitrogen and oxygen atoms in total. The average Bonchev–Trinajstić information content (AvgIpc) is 3.17. The lowest BCUT2D eigenvalue weighted by molar-refractivity contribution is 0.208. The second kappa shape index (κ2) is 9.12. The van der Waals surface area contributed by atoms with E-state index in [-0.39, 0.29) is 39.7 Å². The van der Waals surface area contributed by atoms with Gasteiger partial charge in [-0.25, -0.2) is 17.2 Å². The van der Waals surface area contributed by atoms with Crippen molar-refractivity contribution >= 4 is 38.3 Å². The summed E-state index contributed by atoms with van der Waals surface area (Å²) in [7, 11) is -3.52. The van der Waals surface area contributed by atoms with E-state index >= 15 is 0 Å². The topological polar surface area (TPSA) is 130 Å². The summed E-state index contributed by atoms with van der Waals surface area (Å²) in [4.78, 5) is 8.46. The molecule has 0 aliphatic carbocycles. The van der Waals surface area contributed by atoms with E-state index in [1.165, 1.54) is 18.2 Å². The van der Waals surface area contributed by atoms with Crippen LogP contribution >= 0.6 is 11.6 Å². The molecule has 0 unspecified atom stereocenters. The van der Waals surface area contributed by atoms with Crippen molar-refractivity contribution in [3.63, 3.8) is 0 Å². The fraction of sp³-hybridized carbons (Fsp3) is 0.190. The van der Waals surface area contributed by atoms with Gasteiger partial charge in [0.1, 0.15) is 11.6 Å². The maximum Gasteiger partial charge on any atom is 0.326 e. The van der Waals surface area contributed by atoms with Gasteiger partial charge in [-0.1, -0.05) is 11.6 Å². The van der Waals surface area contributed by atoms with Crippen molar-refractivity contribution < 1.29 is 27.0 Å². The molecule has 4 rings (SSSR count). The van der Waals surface area contributed by atoms with Crippen LogP contribution in [-0.2, 0) is 9.84 Å². The van der Waals surface area contributed by atoms with Crippen molar-refractivity contribution in [1.29, 1.82) is 0 Å². The first-order valence-electron chi connectivity index (χ1n) is 9.84. The normalized spacial score (nSPS) is 12.6. The third-order valence-electron chi connectivity index (χ3n) is 4.69. The van der Waals surface area contributed by atoms with Gasteiger partial charge in [-0.3, -0.25) is 5.10 Å². The third kappa shape index (κ3) is 4.93. The molecule has 0 fully saturated rings. The molecule has 4 aromatic rings. The molecular formula is C21H18ClF2N5O4S. The number of H-pyrrole nitrogens is 1. The predicted octanol–water partition coefficient (Wildman–Crippen LogP) is 3.94. The van der Waals surface area contributed by atoms with E-state index in [9.17, 15) is 22.3 Å². The van der Waals surface area contributed by atoms with Gasteiger partial charge in [-0.2, -0.15) is 15.1 Å². The van der Waals surface area contributed by atoms with E-state index in [0.29, 0.717) is 22.7 Å². The molecular weight excluding hydrogens is 492 g/mol. The highest BCUT2D eigenvalue weighted by Gasteiger charge is 2.21. The van der Waals surface area contributed by atoms with Gasteiger partial charge in [0.2, 0.25) is 0 Å². The van der Waals surface area contributed by atoms with E-state index in [4.69, 9.17) is 16.3 Å². The Bertz CT molecular complexity index is 1490. The van der Waals surface area contributed by atoms with Crippen LogP contribution in [0.25, 0.3) is 22.3 Å². The van der Waals surface area contributed by atoms with Gasteiger partial charge in [0.05, 0.1) is 27.1 Å². The van der Waals surface area contributed by atoms with Crippen LogP contribution in [0.4, 0.5) is 14.6 Å². The Kier molecular flexibility index (Phi) is 6.39. The maximum atomic E-state index is 14.1. The van der Waals surface area contributed by atoms with Crippen molar-refractivity contribution in [2.24, 2.45) is 0 Å². The van der Waals surface area contributed by atoms with Gasteiger partial charge in [-0.15, -0.1) is 0 Å². The highest BCUT2D eigenvalue weighted by atomic mass is 35.5. The van der Waals surface area contributed by atoms with Crippen LogP contribution in [0.3, 0.4) is 0 Å². The lowest BCUT2D eigenvalue weighted by Crippen LogP contribution is -2.16. The molecule has 0 spiro atoms. The number of fused-ring (bicyclic) bond motifs is 1. The number of aliphatic hydroxyl groups is 1. The SMILES string of the molecule is C[C@H](O)CNc1nc(Oc2ccc(F)cc2F)nc2n[nH]c(-c3cc(S(C)(=O)=O)ccc3Cl)c12. The van der Waals surface area contributed by atoms with Gasteiger partial charge in [-0.05, 0) is 37.3 Å². The van der Waals surface area contributed by atoms with Crippen molar-refractivity contribution in [3.05, 3.63) is 53.1 Å². The Hall–Kier alpha value is -3.35. The Balaban J connectivity index is 1.86. The molecule has 0 aliphatic rings. The number of ether oxygens (including phenoxy) is 1. The summed E-state index contributed by atoms with van der Waals surface area (Å²) >= 11 is 6.35. The zero-order valence-corrected chi connectivity index (χ0v) is 19.4. The van der Waals surface area contributed by atoms with Crippen LogP contribution in [-0.4, -0.2) is 52.6 Å². The zero-order valence-electron chi connectivity index (χ0n) is 17.8. The summed E-state index contributed by atoms with van der Waals surface area (Å²) in [5.74, 6) is -1.87. The number of aromatic amines is 1. The van der Waals surface area contributed by atoms with Crippen LogP contribution in [0.2, 0.25) is 5.02 Å². The van der Waals surface area contributed by atoms with Crippen LogP contribution < -0.4 is 10.1 Å². The van der Waals surface area contributed by atoms with Gasteiger partial charge < -0.3 is 15.2 Å². The monoisotopic (exact) mass is 509 g/mol. The molecule has 0 bridgehead atoms. The Morgan fingerprint density at radius 1 is 1.21 bits per heavy atom. The smallest absolute Gasteiger partial charge is 0.326 e. The minimum Gasteiger partial charge on any atom is -0.421 e. The molecule has 0 radical (unpaired) electrons. The van der Waals surface area contributed by atoms with Crippen LogP contribution in [0.1, 0.15) is 6.92 Å². The lowest BCUT2D eigenvalue weighted by atomic mass is 10.1. The van der Waals surface area contributed by atoms with Crippen molar-refractivity contribution in [1.82, 2.24) is 20.2 Å². The number of hydrogen-bond donors (Lipinski definition) is 3. The van der Waals surface area contributed by atoms with Crippen molar-refractivity contribution in [2.45, 2.75) is 17.9 Å². The molecule has 2 aromatic heterocycles. The number of benzene rings is 2. The molecule has 3 N–H and O–H groups in total. The van der Waals surface area contributed by atoms with Gasteiger partial charge >= 0.3 is 6.01 Å². The standard InChI is InChI=1S/C21H18ClF2N5O4S/c1-10(30)9-25-19-17-18(13-8-12(34(2,31)32)4-5-14(13)22)28-29-20(17)27-21(26-19)33-16-6-3-11(23)7-15(16)24/h3-8,10,30H,9H2,1-2H3,(H2,25,26,27,28,29)/t10-/m0/s1. The first kappa shape index (κ1) is 23.8. The van der Waals surface area contributed by atoms with Crippen molar-refractivity contribution in [3.8, 4) is 23.0 Å². The van der Waals surface area contributed by atoms with Crippen LogP contribution in [0.15, 0.2) is 41.3 Å². The quantitative estimate of drug-likeness (QED) is 0.341. The number of nitrogens with one attached hydrogen (secondary N) is 2. The second-order valence-corrected chi connectivity index (χ2v) is 9.90. The fourth-order valence-corrected chi connectivity index (χ4v) is 3.96. The fourth-order valence-electron chi connectivity index (χ4n) is 3.10. The number of aliphatic hydroxyl groups excluding tert-OH is 1. The van der Waals surface area contributed by atoms with E-state index in [2.05, 4.69) is 25.5 Å². The minimum atomic E-state index is -3.52. The number of rotatable bonds is 7. The minimum absolute atomic E-state index is 0.0424. The Labute approximate surface area is 197 Å². The molecule has 178 valence electrons. The van der Waals surface area contributed by atoms with Crippen molar-refractivity contribution in [2.75, 3.05) is 18.1 Å². The molecule has 0 saturated carbocycles. The molecule has 0 aliphatic heterocycles. The van der Waals surface area contributed by atoms with Gasteiger partial charge in [0.15, 0.2) is 27.1 Å². The lowest BCUT2D eigenvalue weighted by Gasteiger charge is -2.12. The highest BCUT2D eigenvalue weighted by Crippen LogP contribution is 2.37. The third-order valence-corrected chi connectivity index (χ3v) is 6.13. The van der Waals surface area contributed by atoms with E-state index in [0.717, 1.165) is 18.4 Å². The number of anilines is 1. The molecule has 0 saturated heterocycles. The van der Waals surface area contributed by atoms with Crippen LogP contribution in [0.5, 0.6) is 11.8 Å². The maximum absolute atomic E-state index is 14.1. The first-order valence-corrected chi connectivity index (χ1v) is 12.1. The summed E-state index contributed by atoms with van der Waals surface area (Å²) in [5.41, 5.74) is 0.739.